The molecule has 2 amide bonds. The molecule has 0 saturated carbocycles. The highest BCUT2D eigenvalue weighted by atomic mass is 32.1. The maximum absolute atomic E-state index is 12.9. The van der Waals surface area contributed by atoms with Crippen molar-refractivity contribution in [2.24, 2.45) is 0 Å². The number of aromatic nitrogens is 1. The van der Waals surface area contributed by atoms with Gasteiger partial charge in [-0.25, -0.2) is 4.98 Å². The molecule has 2 N–H and O–H groups in total. The molecule has 1 unspecified atom stereocenters. The van der Waals surface area contributed by atoms with Crippen molar-refractivity contribution in [3.63, 3.8) is 0 Å². The molecule has 2 heterocycles. The molecule has 6 nitrogen and oxygen atoms in total. The summed E-state index contributed by atoms with van der Waals surface area (Å²) in [4.78, 5) is 32.3. The minimum absolute atomic E-state index is 0.0544. The van der Waals surface area contributed by atoms with Gasteiger partial charge < -0.3 is 15.5 Å². The van der Waals surface area contributed by atoms with Gasteiger partial charge in [0.2, 0.25) is 11.8 Å². The summed E-state index contributed by atoms with van der Waals surface area (Å²) in [7, 11) is 0. The lowest BCUT2D eigenvalue weighted by Crippen LogP contribution is -2.49. The van der Waals surface area contributed by atoms with Crippen LogP contribution in [0, 0.1) is 6.92 Å². The van der Waals surface area contributed by atoms with Gasteiger partial charge in [-0.1, -0.05) is 36.8 Å². The summed E-state index contributed by atoms with van der Waals surface area (Å²) < 4.78 is 0. The summed E-state index contributed by atoms with van der Waals surface area (Å²) in [5.74, 6) is -0.380. The molecular weight excluding hydrogens is 396 g/mol. The van der Waals surface area contributed by atoms with Gasteiger partial charge in [-0.2, -0.15) is 0 Å². The maximum Gasteiger partial charge on any atom is 0.247 e. The number of hydrogen-bond donors (Lipinski definition) is 2. The molecule has 0 fully saturated rings. The fraction of sp³-hybridized carbons (Fsp3) is 0.261. The second-order valence-corrected chi connectivity index (χ2v) is 8.30. The first kappa shape index (κ1) is 20.1. The van der Waals surface area contributed by atoms with Crippen molar-refractivity contribution < 1.29 is 9.59 Å². The maximum atomic E-state index is 12.9. The van der Waals surface area contributed by atoms with Crippen LogP contribution in [-0.4, -0.2) is 22.8 Å². The zero-order chi connectivity index (χ0) is 21.1. The second kappa shape index (κ2) is 8.67. The number of aryl methyl sites for hydroxylation is 2. The molecule has 1 aliphatic heterocycles. The summed E-state index contributed by atoms with van der Waals surface area (Å²) in [5.41, 5.74) is 4.41. The van der Waals surface area contributed by atoms with Gasteiger partial charge in [0.05, 0.1) is 35.0 Å². The lowest BCUT2D eigenvalue weighted by molar-refractivity contribution is -0.122. The fourth-order valence-electron chi connectivity index (χ4n) is 3.54. The number of amides is 2. The van der Waals surface area contributed by atoms with Crippen LogP contribution < -0.4 is 15.5 Å². The van der Waals surface area contributed by atoms with Crippen LogP contribution in [0.3, 0.4) is 0 Å². The minimum atomic E-state index is -0.614. The highest BCUT2D eigenvalue weighted by molar-refractivity contribution is 7.09. The molecule has 0 saturated heterocycles. The van der Waals surface area contributed by atoms with Crippen molar-refractivity contribution in [3.8, 4) is 0 Å². The number of fused-ring (bicyclic) bond motifs is 1. The molecule has 0 aliphatic carbocycles. The Morgan fingerprint density at radius 1 is 1.20 bits per heavy atom. The summed E-state index contributed by atoms with van der Waals surface area (Å²) >= 11 is 1.62. The number of hydrogen-bond acceptors (Lipinski definition) is 5. The Morgan fingerprint density at radius 2 is 1.97 bits per heavy atom. The van der Waals surface area contributed by atoms with Crippen molar-refractivity contribution in [2.45, 2.75) is 39.3 Å². The topological polar surface area (TPSA) is 74.3 Å². The van der Waals surface area contributed by atoms with Crippen LogP contribution in [0.15, 0.2) is 53.9 Å². The Kier molecular flexibility index (Phi) is 5.81. The van der Waals surface area contributed by atoms with Crippen molar-refractivity contribution in [1.82, 2.24) is 4.98 Å². The van der Waals surface area contributed by atoms with Crippen LogP contribution in [0.4, 0.5) is 17.1 Å². The zero-order valence-corrected chi connectivity index (χ0v) is 17.8. The van der Waals surface area contributed by atoms with E-state index in [1.54, 1.807) is 11.3 Å². The Morgan fingerprint density at radius 3 is 2.70 bits per heavy atom. The van der Waals surface area contributed by atoms with E-state index in [4.69, 9.17) is 0 Å². The molecule has 1 aliphatic rings. The Labute approximate surface area is 180 Å². The van der Waals surface area contributed by atoms with Crippen LogP contribution in [0.25, 0.3) is 0 Å². The van der Waals surface area contributed by atoms with Crippen LogP contribution in [-0.2, 0) is 22.6 Å². The smallest absolute Gasteiger partial charge is 0.247 e. The molecule has 0 bridgehead atoms. The average Bonchev–Trinajstić information content (AvgIpc) is 3.20. The number of benzene rings is 2. The summed E-state index contributed by atoms with van der Waals surface area (Å²) in [5, 5.41) is 8.93. The van der Waals surface area contributed by atoms with Crippen molar-refractivity contribution in [2.75, 3.05) is 15.5 Å². The number of para-hydroxylation sites is 2. The minimum Gasteiger partial charge on any atom is -0.351 e. The third kappa shape index (κ3) is 4.36. The van der Waals surface area contributed by atoms with E-state index in [1.165, 1.54) is 0 Å². The molecule has 4 rings (SSSR count). The predicted molar refractivity (Wildman–Crippen MR) is 121 cm³/mol. The fourth-order valence-corrected chi connectivity index (χ4v) is 4.27. The third-order valence-electron chi connectivity index (χ3n) is 5.10. The van der Waals surface area contributed by atoms with Gasteiger partial charge in [0, 0.05) is 11.1 Å². The van der Waals surface area contributed by atoms with E-state index in [1.807, 2.05) is 65.7 Å². The number of carbonyl (C=O) groups excluding carboxylic acids is 2. The normalized spacial score (nSPS) is 15.5. The molecule has 0 spiro atoms. The SMILES string of the molecule is CCc1nc(CN2c3ccccc3NC(=O)C2CC(=O)Nc2ccc(C)cc2)cs1. The summed E-state index contributed by atoms with van der Waals surface area (Å²) in [6, 6.07) is 14.7. The van der Waals surface area contributed by atoms with E-state index < -0.39 is 6.04 Å². The Balaban J connectivity index is 1.57. The number of rotatable bonds is 6. The molecule has 154 valence electrons. The molecule has 7 heteroatoms. The lowest BCUT2D eigenvalue weighted by atomic mass is 10.0. The van der Waals surface area contributed by atoms with Crippen LogP contribution >= 0.6 is 11.3 Å². The molecule has 0 radical (unpaired) electrons. The monoisotopic (exact) mass is 420 g/mol. The van der Waals surface area contributed by atoms with Crippen molar-refractivity contribution >= 4 is 40.2 Å². The van der Waals surface area contributed by atoms with Crippen LogP contribution in [0.5, 0.6) is 0 Å². The van der Waals surface area contributed by atoms with Crippen molar-refractivity contribution in [3.05, 3.63) is 70.2 Å². The first-order valence-electron chi connectivity index (χ1n) is 10.00. The number of carbonyl (C=O) groups is 2. The highest BCUT2D eigenvalue weighted by Gasteiger charge is 2.34. The third-order valence-corrected chi connectivity index (χ3v) is 6.14. The van der Waals surface area contributed by atoms with Gasteiger partial charge in [-0.05, 0) is 37.6 Å². The van der Waals surface area contributed by atoms with Gasteiger partial charge in [-0.3, -0.25) is 9.59 Å². The Bertz CT molecular complexity index is 1060. The van der Waals surface area contributed by atoms with E-state index in [-0.39, 0.29) is 18.2 Å². The average molecular weight is 421 g/mol. The van der Waals surface area contributed by atoms with E-state index in [0.29, 0.717) is 6.54 Å². The lowest BCUT2D eigenvalue weighted by Gasteiger charge is -2.37. The number of thiazole rings is 1. The van der Waals surface area contributed by atoms with E-state index in [9.17, 15) is 9.59 Å². The first-order valence-corrected chi connectivity index (χ1v) is 10.9. The quantitative estimate of drug-likeness (QED) is 0.621. The zero-order valence-electron chi connectivity index (χ0n) is 17.0. The van der Waals surface area contributed by atoms with E-state index in [2.05, 4.69) is 22.5 Å². The molecule has 1 aromatic heterocycles. The summed E-state index contributed by atoms with van der Waals surface area (Å²) in [6.07, 6.45) is 0.933. The number of nitrogens with zero attached hydrogens (tertiary/aromatic N) is 2. The molecule has 30 heavy (non-hydrogen) atoms. The van der Waals surface area contributed by atoms with E-state index >= 15 is 0 Å². The molecule has 3 aromatic rings. The number of nitrogens with one attached hydrogen (secondary N) is 2. The second-order valence-electron chi connectivity index (χ2n) is 7.35. The largest absolute Gasteiger partial charge is 0.351 e. The van der Waals surface area contributed by atoms with Gasteiger partial charge in [0.15, 0.2) is 0 Å². The van der Waals surface area contributed by atoms with Gasteiger partial charge >= 0.3 is 0 Å². The first-order chi connectivity index (χ1) is 14.5. The predicted octanol–water partition coefficient (Wildman–Crippen LogP) is 4.37. The van der Waals surface area contributed by atoms with Gasteiger partial charge in [-0.15, -0.1) is 11.3 Å². The van der Waals surface area contributed by atoms with Gasteiger partial charge in [0.25, 0.3) is 0 Å². The van der Waals surface area contributed by atoms with Gasteiger partial charge in [0.1, 0.15) is 6.04 Å². The summed E-state index contributed by atoms with van der Waals surface area (Å²) in [6.45, 7) is 4.55. The van der Waals surface area contributed by atoms with Crippen LogP contribution in [0.2, 0.25) is 0 Å². The van der Waals surface area contributed by atoms with E-state index in [0.717, 1.165) is 39.7 Å². The molecule has 2 aromatic carbocycles. The highest BCUT2D eigenvalue weighted by Crippen LogP contribution is 2.34. The Hall–Kier alpha value is -3.19. The standard InChI is InChI=1S/C23H24N4O2S/c1-3-22-25-17(14-30-22)13-27-19-7-5-4-6-18(19)26-23(29)20(27)12-21(28)24-16-10-8-15(2)9-11-16/h4-11,14,20H,3,12-13H2,1-2H3,(H,24,28)(H,26,29). The van der Waals surface area contributed by atoms with Crippen LogP contribution in [0.1, 0.15) is 29.6 Å². The van der Waals surface area contributed by atoms with Crippen molar-refractivity contribution in [1.29, 1.82) is 0 Å². The number of anilines is 3. The molecular formula is C23H24N4O2S. The molecule has 1 atom stereocenters.